The predicted molar refractivity (Wildman–Crippen MR) is 156 cm³/mol. The van der Waals surface area contributed by atoms with Crippen LogP contribution in [0.25, 0.3) is 6.08 Å². The zero-order valence-electron chi connectivity index (χ0n) is 25.1. The van der Waals surface area contributed by atoms with Crippen molar-refractivity contribution in [3.8, 4) is 0 Å². The standard InChI is InChI=1S/C35H44O7/c1-32-15-14-24-34(3,23(32)12-11-22(32)21-16-28(38)40-18-21)31(39)29-30-33(2,19-41-29)25(36)17-26(35(24,30)4)42-27(37)13-10-20-8-6-5-7-9-20/h5-10,12-13,21-22,24-26,29-31,36,39H,11,14-19H2,1-4H3/b13-10+/t21-,22+,24-,25+,26-,29+,30-,31+,32-,33+,34-,35-/m0/s1. The Balaban J connectivity index is 1.26. The van der Waals surface area contributed by atoms with Crippen molar-refractivity contribution in [2.45, 2.75) is 84.2 Å². The molecule has 0 aromatic heterocycles. The highest BCUT2D eigenvalue weighted by Crippen LogP contribution is 2.75. The van der Waals surface area contributed by atoms with Crippen LogP contribution in [0.15, 0.2) is 48.1 Å². The topological polar surface area (TPSA) is 102 Å². The number of esters is 2. The van der Waals surface area contributed by atoms with Gasteiger partial charge in [-0.1, -0.05) is 69.7 Å². The third kappa shape index (κ3) is 3.69. The Labute approximate surface area is 248 Å². The van der Waals surface area contributed by atoms with E-state index in [0.29, 0.717) is 26.1 Å². The Morgan fingerprint density at radius 1 is 1.12 bits per heavy atom. The molecule has 7 heteroatoms. The van der Waals surface area contributed by atoms with Crippen molar-refractivity contribution in [3.05, 3.63) is 53.6 Å². The van der Waals surface area contributed by atoms with E-state index in [1.54, 1.807) is 6.08 Å². The number of aliphatic hydroxyl groups is 2. The molecule has 12 atom stereocenters. The Kier molecular flexibility index (Phi) is 6.41. The number of carbonyl (C=O) groups excluding carboxylic acids is 2. The molecule has 4 aliphatic carbocycles. The SMILES string of the molecule is C[C@@]12CO[C@H]3[C@@H](O)[C@@]4(C)C5=CC[C@H]([C@@H]6COC(=O)C6)[C@]5(C)CC[C@@H]4[C@@](C)([C@@H](OC(=O)/C=C/c4ccccc4)C[C@H]1O)[C@@H]32. The summed E-state index contributed by atoms with van der Waals surface area (Å²) in [7, 11) is 0. The first-order valence-electron chi connectivity index (χ1n) is 15.7. The third-order valence-electron chi connectivity index (χ3n) is 13.1. The monoisotopic (exact) mass is 576 g/mol. The van der Waals surface area contributed by atoms with Crippen LogP contribution < -0.4 is 0 Å². The van der Waals surface area contributed by atoms with Gasteiger partial charge in [0.25, 0.3) is 0 Å². The Morgan fingerprint density at radius 3 is 2.60 bits per heavy atom. The van der Waals surface area contributed by atoms with Gasteiger partial charge in [-0.3, -0.25) is 4.79 Å². The minimum absolute atomic E-state index is 0.0187. The highest BCUT2D eigenvalue weighted by atomic mass is 16.5. The largest absolute Gasteiger partial charge is 0.465 e. The molecule has 226 valence electrons. The van der Waals surface area contributed by atoms with Crippen LogP contribution in [0.1, 0.15) is 65.4 Å². The van der Waals surface area contributed by atoms with Crippen LogP contribution in [-0.4, -0.2) is 59.8 Å². The van der Waals surface area contributed by atoms with Crippen LogP contribution in [0, 0.1) is 45.3 Å². The van der Waals surface area contributed by atoms with E-state index >= 15 is 0 Å². The van der Waals surface area contributed by atoms with Gasteiger partial charge in [0.2, 0.25) is 0 Å². The molecule has 1 aromatic rings. The average Bonchev–Trinajstić information content (AvgIpc) is 3.66. The molecule has 0 amide bonds. The van der Waals surface area contributed by atoms with Crippen molar-refractivity contribution >= 4 is 18.0 Å². The lowest BCUT2D eigenvalue weighted by Gasteiger charge is -2.69. The first kappa shape index (κ1) is 28.3. The van der Waals surface area contributed by atoms with Crippen molar-refractivity contribution in [2.24, 2.45) is 45.3 Å². The summed E-state index contributed by atoms with van der Waals surface area (Å²) in [6.45, 7) is 9.67. The number of fused-ring (bicyclic) bond motifs is 4. The van der Waals surface area contributed by atoms with Gasteiger partial charge in [-0.05, 0) is 48.2 Å². The lowest BCUT2D eigenvalue weighted by molar-refractivity contribution is -0.260. The smallest absolute Gasteiger partial charge is 0.331 e. The first-order valence-corrected chi connectivity index (χ1v) is 15.7. The van der Waals surface area contributed by atoms with Crippen LogP contribution in [-0.2, 0) is 23.8 Å². The number of hydrogen-bond donors (Lipinski definition) is 2. The van der Waals surface area contributed by atoms with Crippen LogP contribution in [0.5, 0.6) is 0 Å². The lowest BCUT2D eigenvalue weighted by atomic mass is 9.36. The van der Waals surface area contributed by atoms with Crippen molar-refractivity contribution < 1.29 is 34.0 Å². The molecule has 2 aliphatic heterocycles. The predicted octanol–water partition coefficient (Wildman–Crippen LogP) is 4.71. The van der Waals surface area contributed by atoms with E-state index in [9.17, 15) is 19.8 Å². The number of allylic oxidation sites excluding steroid dienone is 1. The van der Waals surface area contributed by atoms with Crippen LogP contribution in [0.4, 0.5) is 0 Å². The maximum Gasteiger partial charge on any atom is 0.331 e. The third-order valence-corrected chi connectivity index (χ3v) is 13.1. The number of cyclic esters (lactones) is 1. The fourth-order valence-electron chi connectivity index (χ4n) is 11.1. The molecule has 0 unspecified atom stereocenters. The second kappa shape index (κ2) is 9.51. The molecule has 7 rings (SSSR count). The van der Waals surface area contributed by atoms with E-state index in [1.807, 2.05) is 30.3 Å². The Morgan fingerprint density at radius 2 is 1.88 bits per heavy atom. The highest BCUT2D eigenvalue weighted by Gasteiger charge is 2.77. The van der Waals surface area contributed by atoms with Crippen LogP contribution >= 0.6 is 0 Å². The van der Waals surface area contributed by atoms with Gasteiger partial charge in [0.05, 0.1) is 37.9 Å². The molecule has 2 heterocycles. The van der Waals surface area contributed by atoms with Crippen molar-refractivity contribution in [2.75, 3.05) is 13.2 Å². The first-order chi connectivity index (χ1) is 19.9. The van der Waals surface area contributed by atoms with E-state index in [2.05, 4.69) is 33.8 Å². The summed E-state index contributed by atoms with van der Waals surface area (Å²) in [5, 5.41) is 23.8. The number of carbonyl (C=O) groups is 2. The maximum absolute atomic E-state index is 13.3. The molecule has 0 bridgehead atoms. The molecule has 6 aliphatic rings. The van der Waals surface area contributed by atoms with Gasteiger partial charge in [0.15, 0.2) is 0 Å². The second-order valence-corrected chi connectivity index (χ2v) is 14.9. The van der Waals surface area contributed by atoms with E-state index in [1.165, 1.54) is 11.6 Å². The molecule has 0 radical (unpaired) electrons. The van der Waals surface area contributed by atoms with E-state index in [0.717, 1.165) is 24.8 Å². The van der Waals surface area contributed by atoms with Crippen molar-refractivity contribution in [1.29, 1.82) is 0 Å². The van der Waals surface area contributed by atoms with Gasteiger partial charge >= 0.3 is 11.9 Å². The van der Waals surface area contributed by atoms with Gasteiger partial charge < -0.3 is 24.4 Å². The lowest BCUT2D eigenvalue weighted by Crippen LogP contribution is -2.72. The zero-order valence-corrected chi connectivity index (χ0v) is 25.1. The summed E-state index contributed by atoms with van der Waals surface area (Å²) in [4.78, 5) is 25.3. The Hall–Kier alpha value is -2.48. The molecule has 0 spiro atoms. The molecule has 2 saturated heterocycles. The molecule has 7 nitrogen and oxygen atoms in total. The highest BCUT2D eigenvalue weighted by molar-refractivity contribution is 5.87. The molecule has 3 saturated carbocycles. The van der Waals surface area contributed by atoms with Crippen LogP contribution in [0.2, 0.25) is 0 Å². The van der Waals surface area contributed by atoms with Gasteiger partial charge in [0.1, 0.15) is 6.10 Å². The number of hydrogen-bond acceptors (Lipinski definition) is 7. The molecule has 5 fully saturated rings. The summed E-state index contributed by atoms with van der Waals surface area (Å²) in [5.74, 6) is -0.215. The fraction of sp³-hybridized carbons (Fsp3) is 0.657. The van der Waals surface area contributed by atoms with Gasteiger partial charge in [-0.2, -0.15) is 0 Å². The van der Waals surface area contributed by atoms with Gasteiger partial charge in [-0.15, -0.1) is 0 Å². The van der Waals surface area contributed by atoms with Crippen molar-refractivity contribution in [1.82, 2.24) is 0 Å². The summed E-state index contributed by atoms with van der Waals surface area (Å²) < 4.78 is 18.2. The molecule has 2 N–H and O–H groups in total. The van der Waals surface area contributed by atoms with Gasteiger partial charge in [0, 0.05) is 40.6 Å². The quantitative estimate of drug-likeness (QED) is 0.304. The minimum Gasteiger partial charge on any atom is -0.465 e. The number of rotatable bonds is 4. The summed E-state index contributed by atoms with van der Waals surface area (Å²) in [6, 6.07) is 9.66. The molecule has 42 heavy (non-hydrogen) atoms. The molecular formula is C35H44O7. The normalized spacial score (nSPS) is 49.2. The van der Waals surface area contributed by atoms with E-state index in [4.69, 9.17) is 14.2 Å². The minimum atomic E-state index is -0.756. The van der Waals surface area contributed by atoms with Crippen molar-refractivity contribution in [3.63, 3.8) is 0 Å². The van der Waals surface area contributed by atoms with Gasteiger partial charge in [-0.25, -0.2) is 4.79 Å². The number of aliphatic hydroxyl groups excluding tert-OH is 2. The molecular weight excluding hydrogens is 532 g/mol. The number of benzene rings is 1. The molecule has 1 aromatic carbocycles. The summed E-state index contributed by atoms with van der Waals surface area (Å²) >= 11 is 0. The van der Waals surface area contributed by atoms with Crippen LogP contribution in [0.3, 0.4) is 0 Å². The summed E-state index contributed by atoms with van der Waals surface area (Å²) in [6.07, 6.45) is 6.57. The Bertz CT molecular complexity index is 1340. The zero-order chi connectivity index (χ0) is 29.7. The second-order valence-electron chi connectivity index (χ2n) is 14.9. The summed E-state index contributed by atoms with van der Waals surface area (Å²) in [5.41, 5.74) is 0.359. The van der Waals surface area contributed by atoms with E-state index < -0.39 is 46.6 Å². The maximum atomic E-state index is 13.3. The average molecular weight is 577 g/mol. The van der Waals surface area contributed by atoms with E-state index in [-0.39, 0.29) is 35.1 Å². The fourth-order valence-corrected chi connectivity index (χ4v) is 11.1. The number of ether oxygens (including phenoxy) is 3.